The molecule has 1 amide bonds. The Balaban J connectivity index is 2.69. The molecular formula is C9H14F4N2O. The van der Waals surface area contributed by atoms with Gasteiger partial charge in [-0.2, -0.15) is 8.78 Å². The van der Waals surface area contributed by atoms with Gasteiger partial charge in [-0.15, -0.1) is 0 Å². The fourth-order valence-corrected chi connectivity index (χ4v) is 1.59. The number of nitrogens with zero attached hydrogens (tertiary/aromatic N) is 1. The molecule has 0 spiro atoms. The van der Waals surface area contributed by atoms with Crippen LogP contribution in [-0.4, -0.2) is 42.3 Å². The molecule has 7 heteroatoms. The third-order valence-electron chi connectivity index (χ3n) is 2.86. The van der Waals surface area contributed by atoms with Crippen LogP contribution >= 0.6 is 0 Å². The second kappa shape index (κ2) is 4.57. The lowest BCUT2D eigenvalue weighted by Crippen LogP contribution is -2.55. The van der Waals surface area contributed by atoms with Crippen molar-refractivity contribution in [3.8, 4) is 0 Å². The van der Waals surface area contributed by atoms with E-state index in [0.29, 0.717) is 6.42 Å². The largest absolute Gasteiger partial charge is 0.383 e. The van der Waals surface area contributed by atoms with Crippen molar-refractivity contribution in [1.82, 2.24) is 4.90 Å². The minimum atomic E-state index is -4.61. The fourth-order valence-electron chi connectivity index (χ4n) is 1.59. The van der Waals surface area contributed by atoms with Gasteiger partial charge in [-0.05, 0) is 12.3 Å². The van der Waals surface area contributed by atoms with Crippen LogP contribution in [0.3, 0.4) is 0 Å². The number of rotatable bonds is 2. The predicted molar refractivity (Wildman–Crippen MR) is 49.3 cm³/mol. The van der Waals surface area contributed by atoms with E-state index in [4.69, 9.17) is 5.73 Å². The van der Waals surface area contributed by atoms with Gasteiger partial charge in [0.05, 0.1) is 0 Å². The van der Waals surface area contributed by atoms with Crippen LogP contribution in [0.5, 0.6) is 0 Å². The number of piperidine rings is 1. The molecule has 0 radical (unpaired) electrons. The zero-order chi connectivity index (χ0) is 12.5. The Bertz CT molecular complexity index is 272. The molecule has 0 aromatic rings. The average molecular weight is 242 g/mol. The van der Waals surface area contributed by atoms with Crippen LogP contribution in [0.25, 0.3) is 0 Å². The Morgan fingerprint density at radius 2 is 2.06 bits per heavy atom. The van der Waals surface area contributed by atoms with E-state index < -0.39 is 24.3 Å². The van der Waals surface area contributed by atoms with Gasteiger partial charge in [-0.1, -0.05) is 6.92 Å². The van der Waals surface area contributed by atoms with Crippen molar-refractivity contribution in [2.75, 3.05) is 13.1 Å². The number of carbonyl (C=O) groups excluding carboxylic acids is 1. The van der Waals surface area contributed by atoms with Gasteiger partial charge in [0.2, 0.25) is 0 Å². The topological polar surface area (TPSA) is 46.3 Å². The normalized spacial score (nSPS) is 27.3. The summed E-state index contributed by atoms with van der Waals surface area (Å²) in [5, 5.41) is 0. The Morgan fingerprint density at radius 1 is 1.50 bits per heavy atom. The summed E-state index contributed by atoms with van der Waals surface area (Å²) in [4.78, 5) is 11.9. The number of amides is 1. The van der Waals surface area contributed by atoms with E-state index in [9.17, 15) is 22.4 Å². The number of hydrogen-bond donors (Lipinski definition) is 1. The Labute approximate surface area is 90.6 Å². The van der Waals surface area contributed by atoms with Gasteiger partial charge >= 0.3 is 12.3 Å². The first-order chi connectivity index (χ1) is 7.26. The molecule has 1 saturated heterocycles. The van der Waals surface area contributed by atoms with Crippen LogP contribution < -0.4 is 5.73 Å². The van der Waals surface area contributed by atoms with Crippen molar-refractivity contribution < 1.29 is 22.4 Å². The summed E-state index contributed by atoms with van der Waals surface area (Å²) >= 11 is 0. The maximum Gasteiger partial charge on any atom is 0.383 e. The van der Waals surface area contributed by atoms with Crippen LogP contribution in [-0.2, 0) is 4.79 Å². The summed E-state index contributed by atoms with van der Waals surface area (Å²) in [7, 11) is 0. The molecule has 0 bridgehead atoms. The lowest BCUT2D eigenvalue weighted by molar-refractivity contribution is -0.182. The molecule has 1 fully saturated rings. The number of likely N-dealkylation sites (tertiary alicyclic amines) is 1. The summed E-state index contributed by atoms with van der Waals surface area (Å²) in [6.07, 6.45) is -3.53. The number of carbonyl (C=O) groups is 1. The number of hydrogen-bond acceptors (Lipinski definition) is 2. The molecular weight excluding hydrogens is 228 g/mol. The highest BCUT2D eigenvalue weighted by Gasteiger charge is 2.51. The van der Waals surface area contributed by atoms with E-state index in [1.807, 2.05) is 6.92 Å². The molecule has 16 heavy (non-hydrogen) atoms. The van der Waals surface area contributed by atoms with Gasteiger partial charge in [-0.25, -0.2) is 8.78 Å². The van der Waals surface area contributed by atoms with Gasteiger partial charge < -0.3 is 10.6 Å². The monoisotopic (exact) mass is 242 g/mol. The second-order valence-corrected chi connectivity index (χ2v) is 4.10. The summed E-state index contributed by atoms with van der Waals surface area (Å²) in [5.74, 6) is -6.34. The smallest absolute Gasteiger partial charge is 0.336 e. The zero-order valence-corrected chi connectivity index (χ0v) is 8.80. The van der Waals surface area contributed by atoms with Crippen molar-refractivity contribution in [1.29, 1.82) is 0 Å². The Kier molecular flexibility index (Phi) is 3.77. The summed E-state index contributed by atoms with van der Waals surface area (Å²) < 4.78 is 49.5. The van der Waals surface area contributed by atoms with Crippen LogP contribution in [0.4, 0.5) is 17.6 Å². The first kappa shape index (κ1) is 13.2. The quantitative estimate of drug-likeness (QED) is 0.736. The first-order valence-corrected chi connectivity index (χ1v) is 4.97. The molecule has 1 aliphatic heterocycles. The number of alkyl halides is 4. The molecule has 0 aromatic carbocycles. The molecule has 2 unspecified atom stereocenters. The highest BCUT2D eigenvalue weighted by molar-refractivity contribution is 5.84. The lowest BCUT2D eigenvalue weighted by Gasteiger charge is -2.36. The third kappa shape index (κ3) is 2.45. The SMILES string of the molecule is CC1CCN(C(=O)C(F)(F)C(F)F)CC1N. The third-order valence-corrected chi connectivity index (χ3v) is 2.86. The molecule has 3 nitrogen and oxygen atoms in total. The van der Waals surface area contributed by atoms with E-state index in [1.165, 1.54) is 0 Å². The minimum absolute atomic E-state index is 0.0516. The van der Waals surface area contributed by atoms with Gasteiger partial charge in [0.1, 0.15) is 0 Å². The van der Waals surface area contributed by atoms with Crippen LogP contribution in [0.15, 0.2) is 0 Å². The zero-order valence-electron chi connectivity index (χ0n) is 8.80. The van der Waals surface area contributed by atoms with Crippen molar-refractivity contribution >= 4 is 5.91 Å². The lowest BCUT2D eigenvalue weighted by atomic mass is 9.94. The second-order valence-electron chi connectivity index (χ2n) is 4.10. The van der Waals surface area contributed by atoms with Gasteiger partial charge in [0.15, 0.2) is 0 Å². The summed E-state index contributed by atoms with van der Waals surface area (Å²) in [6, 6.07) is -0.439. The Hall–Kier alpha value is -0.850. The fraction of sp³-hybridized carbons (Fsp3) is 0.889. The van der Waals surface area contributed by atoms with Crippen LogP contribution in [0.2, 0.25) is 0 Å². The highest BCUT2D eigenvalue weighted by atomic mass is 19.3. The summed E-state index contributed by atoms with van der Waals surface area (Å²) in [5.41, 5.74) is 5.60. The van der Waals surface area contributed by atoms with Crippen LogP contribution in [0, 0.1) is 5.92 Å². The van der Waals surface area contributed by atoms with E-state index in [-0.39, 0.29) is 19.0 Å². The van der Waals surface area contributed by atoms with E-state index in [1.54, 1.807) is 0 Å². The number of nitrogens with two attached hydrogens (primary N) is 1. The molecule has 1 heterocycles. The van der Waals surface area contributed by atoms with Crippen molar-refractivity contribution in [2.24, 2.45) is 11.7 Å². The highest BCUT2D eigenvalue weighted by Crippen LogP contribution is 2.27. The van der Waals surface area contributed by atoms with Crippen molar-refractivity contribution in [3.05, 3.63) is 0 Å². The van der Waals surface area contributed by atoms with Crippen molar-refractivity contribution in [2.45, 2.75) is 31.7 Å². The van der Waals surface area contributed by atoms with Gasteiger partial charge in [0, 0.05) is 19.1 Å². The molecule has 1 aliphatic rings. The summed E-state index contributed by atoms with van der Waals surface area (Å²) in [6.45, 7) is 1.79. The van der Waals surface area contributed by atoms with E-state index in [0.717, 1.165) is 4.90 Å². The average Bonchev–Trinajstić information content (AvgIpc) is 2.20. The molecule has 0 saturated carbocycles. The molecule has 0 aromatic heterocycles. The first-order valence-electron chi connectivity index (χ1n) is 4.97. The Morgan fingerprint density at radius 3 is 2.50 bits per heavy atom. The van der Waals surface area contributed by atoms with Gasteiger partial charge in [0.25, 0.3) is 5.91 Å². The maximum absolute atomic E-state index is 12.8. The predicted octanol–water partition coefficient (Wildman–Crippen LogP) is 1.08. The molecule has 1 rings (SSSR count). The minimum Gasteiger partial charge on any atom is -0.336 e. The van der Waals surface area contributed by atoms with Gasteiger partial charge in [-0.3, -0.25) is 4.79 Å². The number of halogens is 4. The maximum atomic E-state index is 12.8. The van der Waals surface area contributed by atoms with E-state index in [2.05, 4.69) is 0 Å². The molecule has 2 N–H and O–H groups in total. The van der Waals surface area contributed by atoms with E-state index >= 15 is 0 Å². The molecule has 0 aliphatic carbocycles. The van der Waals surface area contributed by atoms with Crippen LogP contribution in [0.1, 0.15) is 13.3 Å². The molecule has 2 atom stereocenters. The standard InChI is InChI=1S/C9H14F4N2O/c1-5-2-3-15(4-6(5)14)8(16)9(12,13)7(10)11/h5-7H,2-4,14H2,1H3. The van der Waals surface area contributed by atoms with Crippen molar-refractivity contribution in [3.63, 3.8) is 0 Å². The molecule has 94 valence electrons.